The van der Waals surface area contributed by atoms with Crippen molar-refractivity contribution in [3.05, 3.63) is 54.6 Å². The Morgan fingerprint density at radius 1 is 0.615 bits per heavy atom. The first-order valence-electron chi connectivity index (χ1n) is 4.21. The van der Waals surface area contributed by atoms with E-state index in [2.05, 4.69) is 24.3 Å². The van der Waals surface area contributed by atoms with Crippen LogP contribution in [0.25, 0.3) is 11.1 Å². The highest BCUT2D eigenvalue weighted by Gasteiger charge is 2.03. The van der Waals surface area contributed by atoms with Crippen LogP contribution in [0.1, 0.15) is 0 Å². The largest absolute Gasteiger partial charge is 0.508 e. The SMILES string of the molecule is Oc1ccccc1.c1cc2ccc1-2. The van der Waals surface area contributed by atoms with Crippen molar-refractivity contribution < 1.29 is 5.11 Å². The van der Waals surface area contributed by atoms with Crippen molar-refractivity contribution in [2.24, 2.45) is 0 Å². The molecular formula is C12H10O. The van der Waals surface area contributed by atoms with Gasteiger partial charge in [-0.3, -0.25) is 0 Å². The Balaban J connectivity index is 0.000000101. The van der Waals surface area contributed by atoms with Crippen LogP contribution in [0.3, 0.4) is 0 Å². The second-order valence-corrected chi connectivity index (χ2v) is 2.91. The molecule has 0 radical (unpaired) electrons. The fourth-order valence-electron chi connectivity index (χ4n) is 1.09. The van der Waals surface area contributed by atoms with Gasteiger partial charge in [0.1, 0.15) is 5.75 Å². The lowest BCUT2D eigenvalue weighted by Crippen LogP contribution is -1.85. The van der Waals surface area contributed by atoms with E-state index in [0.717, 1.165) is 0 Å². The van der Waals surface area contributed by atoms with Crippen LogP contribution >= 0.6 is 0 Å². The fourth-order valence-corrected chi connectivity index (χ4v) is 1.09. The molecule has 0 fully saturated rings. The van der Waals surface area contributed by atoms with Crippen molar-refractivity contribution in [2.75, 3.05) is 0 Å². The average Bonchev–Trinajstić information content (AvgIpc) is 2.14. The van der Waals surface area contributed by atoms with Crippen LogP contribution in [-0.4, -0.2) is 5.11 Å². The number of rotatable bonds is 0. The predicted octanol–water partition coefficient (Wildman–Crippen LogP) is 3.06. The molecule has 0 bridgehead atoms. The van der Waals surface area contributed by atoms with Crippen molar-refractivity contribution in [3.63, 3.8) is 0 Å². The number of aromatic hydroxyl groups is 1. The molecule has 0 unspecified atom stereocenters. The van der Waals surface area contributed by atoms with Gasteiger partial charge >= 0.3 is 0 Å². The van der Waals surface area contributed by atoms with Crippen molar-refractivity contribution in [3.8, 4) is 16.9 Å². The lowest BCUT2D eigenvalue weighted by atomic mass is 9.95. The summed E-state index contributed by atoms with van der Waals surface area (Å²) in [5, 5.41) is 8.63. The molecular weight excluding hydrogens is 160 g/mol. The van der Waals surface area contributed by atoms with Gasteiger partial charge in [0.2, 0.25) is 0 Å². The maximum atomic E-state index is 8.63. The van der Waals surface area contributed by atoms with E-state index >= 15 is 0 Å². The quantitative estimate of drug-likeness (QED) is 0.549. The molecule has 2 aliphatic rings. The third kappa shape index (κ3) is 1.70. The Hall–Kier alpha value is -1.76. The lowest BCUT2D eigenvalue weighted by Gasteiger charge is -2.10. The third-order valence-corrected chi connectivity index (χ3v) is 1.97. The van der Waals surface area contributed by atoms with Crippen LogP contribution in [0.4, 0.5) is 0 Å². The van der Waals surface area contributed by atoms with E-state index < -0.39 is 0 Å². The first-order chi connectivity index (χ1) is 6.36. The molecule has 0 aliphatic heterocycles. The van der Waals surface area contributed by atoms with Gasteiger partial charge in [0.25, 0.3) is 0 Å². The van der Waals surface area contributed by atoms with E-state index in [1.54, 1.807) is 24.3 Å². The molecule has 1 aromatic rings. The van der Waals surface area contributed by atoms with Crippen molar-refractivity contribution in [2.45, 2.75) is 0 Å². The van der Waals surface area contributed by atoms with Crippen molar-refractivity contribution in [1.82, 2.24) is 0 Å². The van der Waals surface area contributed by atoms with Gasteiger partial charge in [-0.1, -0.05) is 42.5 Å². The molecule has 0 amide bonds. The second-order valence-electron chi connectivity index (χ2n) is 2.91. The van der Waals surface area contributed by atoms with E-state index in [1.807, 2.05) is 6.07 Å². The van der Waals surface area contributed by atoms with E-state index in [-0.39, 0.29) is 0 Å². The first kappa shape index (κ1) is 7.87. The summed E-state index contributed by atoms with van der Waals surface area (Å²) in [5.74, 6) is 0.322. The van der Waals surface area contributed by atoms with Crippen LogP contribution in [0, 0.1) is 0 Å². The molecule has 0 saturated carbocycles. The zero-order chi connectivity index (χ0) is 9.10. The number of hydrogen-bond donors (Lipinski definition) is 1. The third-order valence-electron chi connectivity index (χ3n) is 1.97. The minimum Gasteiger partial charge on any atom is -0.508 e. The number of phenols is 1. The van der Waals surface area contributed by atoms with Gasteiger partial charge in [-0.25, -0.2) is 0 Å². The molecule has 1 heteroatoms. The van der Waals surface area contributed by atoms with E-state index in [1.165, 1.54) is 11.1 Å². The molecule has 1 nitrogen and oxygen atoms in total. The Bertz CT molecular complexity index is 355. The molecule has 0 saturated heterocycles. The summed E-state index contributed by atoms with van der Waals surface area (Å²) in [6.07, 6.45) is 0. The summed E-state index contributed by atoms with van der Waals surface area (Å²) in [4.78, 5) is 0. The molecule has 2 aliphatic carbocycles. The maximum absolute atomic E-state index is 8.63. The van der Waals surface area contributed by atoms with Crippen LogP contribution in [0.15, 0.2) is 54.6 Å². The Morgan fingerprint density at radius 3 is 1.23 bits per heavy atom. The Labute approximate surface area is 77.3 Å². The highest BCUT2D eigenvalue weighted by molar-refractivity contribution is 5.75. The maximum Gasteiger partial charge on any atom is 0.115 e. The van der Waals surface area contributed by atoms with Gasteiger partial charge in [-0.2, -0.15) is 0 Å². The lowest BCUT2D eigenvalue weighted by molar-refractivity contribution is 0.475. The first-order valence-corrected chi connectivity index (χ1v) is 4.21. The topological polar surface area (TPSA) is 20.2 Å². The fraction of sp³-hybridized carbons (Fsp3) is 0. The molecule has 1 aromatic carbocycles. The number of benzene rings is 2. The molecule has 0 atom stereocenters. The predicted molar refractivity (Wildman–Crippen MR) is 53.5 cm³/mol. The van der Waals surface area contributed by atoms with Crippen LogP contribution in [0.5, 0.6) is 5.75 Å². The zero-order valence-electron chi connectivity index (χ0n) is 7.14. The van der Waals surface area contributed by atoms with Crippen molar-refractivity contribution >= 4 is 0 Å². The van der Waals surface area contributed by atoms with Gasteiger partial charge < -0.3 is 5.11 Å². The summed E-state index contributed by atoms with van der Waals surface area (Å²) < 4.78 is 0. The standard InChI is InChI=1S/C6H6O.C6H4/c7-6-4-2-1-3-5-6;1-2-6-4-3-5(1)6/h1-5,7H;1-4H. The smallest absolute Gasteiger partial charge is 0.115 e. The van der Waals surface area contributed by atoms with Crippen LogP contribution in [-0.2, 0) is 0 Å². The van der Waals surface area contributed by atoms with E-state index in [4.69, 9.17) is 5.11 Å². The zero-order valence-corrected chi connectivity index (χ0v) is 7.14. The van der Waals surface area contributed by atoms with Crippen molar-refractivity contribution in [1.29, 1.82) is 0 Å². The minimum absolute atomic E-state index is 0.322. The van der Waals surface area contributed by atoms with E-state index in [0.29, 0.717) is 5.75 Å². The van der Waals surface area contributed by atoms with Gasteiger partial charge in [0.05, 0.1) is 0 Å². The van der Waals surface area contributed by atoms with Gasteiger partial charge in [-0.05, 0) is 23.3 Å². The summed E-state index contributed by atoms with van der Waals surface area (Å²) in [5.41, 5.74) is 2.85. The monoisotopic (exact) mass is 170 g/mol. The van der Waals surface area contributed by atoms with Gasteiger partial charge in [0.15, 0.2) is 0 Å². The van der Waals surface area contributed by atoms with Gasteiger partial charge in [-0.15, -0.1) is 0 Å². The van der Waals surface area contributed by atoms with E-state index in [9.17, 15) is 0 Å². The Kier molecular flexibility index (Phi) is 2.01. The minimum atomic E-state index is 0.322. The number of hydrogen-bond acceptors (Lipinski definition) is 1. The molecule has 1 N–H and O–H groups in total. The molecule has 64 valence electrons. The van der Waals surface area contributed by atoms with Crippen LogP contribution < -0.4 is 0 Å². The molecule has 0 aromatic heterocycles. The summed E-state index contributed by atoms with van der Waals surface area (Å²) in [7, 11) is 0. The summed E-state index contributed by atoms with van der Waals surface area (Å²) in [6, 6.07) is 17.2. The highest BCUT2D eigenvalue weighted by atomic mass is 16.3. The number of fused-ring (bicyclic) bond motifs is 1. The second kappa shape index (κ2) is 3.31. The average molecular weight is 170 g/mol. The summed E-state index contributed by atoms with van der Waals surface area (Å²) in [6.45, 7) is 0. The highest BCUT2D eigenvalue weighted by Crippen LogP contribution is 2.29. The molecule has 0 heterocycles. The summed E-state index contributed by atoms with van der Waals surface area (Å²) >= 11 is 0. The molecule has 13 heavy (non-hydrogen) atoms. The Morgan fingerprint density at radius 2 is 1.08 bits per heavy atom. The number of phenolic OH excluding ortho intramolecular Hbond substituents is 1. The molecule has 3 rings (SSSR count). The van der Waals surface area contributed by atoms with Gasteiger partial charge in [0, 0.05) is 0 Å². The van der Waals surface area contributed by atoms with Crippen LogP contribution in [0.2, 0.25) is 0 Å². The molecule has 0 spiro atoms. The normalized spacial score (nSPS) is 9.85. The number of para-hydroxylation sites is 1.